The Kier molecular flexibility index (Phi) is 4.47. The van der Waals surface area contributed by atoms with Gasteiger partial charge in [0.05, 0.1) is 5.69 Å². The molecule has 1 aliphatic carbocycles. The zero-order valence-corrected chi connectivity index (χ0v) is 11.4. The SMILES string of the molecule is Cc1cc(C2CCCCC2)n(O)c(=O)c1OCCN. The summed E-state index contributed by atoms with van der Waals surface area (Å²) < 4.78 is 6.08. The third-order valence-electron chi connectivity index (χ3n) is 3.74. The van der Waals surface area contributed by atoms with Crippen LogP contribution in [-0.2, 0) is 0 Å². The molecule has 0 spiro atoms. The number of nitrogens with zero attached hydrogens (tertiary/aromatic N) is 1. The molecule has 0 aliphatic heterocycles. The third-order valence-corrected chi connectivity index (χ3v) is 3.74. The first-order valence-corrected chi connectivity index (χ1v) is 6.93. The van der Waals surface area contributed by atoms with E-state index in [0.717, 1.165) is 36.0 Å². The topological polar surface area (TPSA) is 77.5 Å². The Hall–Kier alpha value is -1.49. The number of pyridine rings is 1. The Bertz CT molecular complexity index is 490. The Morgan fingerprint density at radius 2 is 2.11 bits per heavy atom. The number of nitrogens with two attached hydrogens (primary N) is 1. The van der Waals surface area contributed by atoms with Crippen LogP contribution in [0.2, 0.25) is 0 Å². The summed E-state index contributed by atoms with van der Waals surface area (Å²) in [4.78, 5) is 12.1. The minimum absolute atomic E-state index is 0.201. The van der Waals surface area contributed by atoms with Gasteiger partial charge in [0, 0.05) is 12.5 Å². The average molecular weight is 266 g/mol. The predicted octanol–water partition coefficient (Wildman–Crippen LogP) is 1.78. The van der Waals surface area contributed by atoms with Crippen LogP contribution in [0.3, 0.4) is 0 Å². The van der Waals surface area contributed by atoms with E-state index in [0.29, 0.717) is 12.2 Å². The molecule has 1 fully saturated rings. The first-order chi connectivity index (χ1) is 9.15. The van der Waals surface area contributed by atoms with Crippen molar-refractivity contribution in [1.29, 1.82) is 0 Å². The fourth-order valence-corrected chi connectivity index (χ4v) is 2.76. The molecule has 2 rings (SSSR count). The second kappa shape index (κ2) is 6.10. The van der Waals surface area contributed by atoms with Gasteiger partial charge in [-0.25, -0.2) is 0 Å². The van der Waals surface area contributed by atoms with Crippen LogP contribution in [0.25, 0.3) is 0 Å². The molecular weight excluding hydrogens is 244 g/mol. The summed E-state index contributed by atoms with van der Waals surface area (Å²) in [6, 6.07) is 1.86. The highest BCUT2D eigenvalue weighted by atomic mass is 16.5. The van der Waals surface area contributed by atoms with Crippen molar-refractivity contribution in [2.75, 3.05) is 13.2 Å². The van der Waals surface area contributed by atoms with Crippen LogP contribution in [0.5, 0.6) is 5.75 Å². The summed E-state index contributed by atoms with van der Waals surface area (Å²) in [6.07, 6.45) is 5.61. The van der Waals surface area contributed by atoms with Crippen LogP contribution < -0.4 is 16.0 Å². The lowest BCUT2D eigenvalue weighted by Crippen LogP contribution is -2.27. The molecule has 0 atom stereocenters. The number of aryl methyl sites for hydroxylation is 1. The Morgan fingerprint density at radius 3 is 2.74 bits per heavy atom. The summed E-state index contributed by atoms with van der Waals surface area (Å²) in [5.74, 6) is 0.473. The molecule has 0 aromatic carbocycles. The van der Waals surface area contributed by atoms with Gasteiger partial charge in [0.2, 0.25) is 0 Å². The summed E-state index contributed by atoms with van der Waals surface area (Å²) in [5.41, 5.74) is 6.37. The lowest BCUT2D eigenvalue weighted by molar-refractivity contribution is 0.150. The maximum absolute atomic E-state index is 12.1. The fourth-order valence-electron chi connectivity index (χ4n) is 2.76. The molecule has 1 heterocycles. The zero-order chi connectivity index (χ0) is 13.8. The first kappa shape index (κ1) is 13.9. The molecule has 106 valence electrons. The van der Waals surface area contributed by atoms with E-state index in [2.05, 4.69) is 0 Å². The number of rotatable bonds is 4. The molecular formula is C14H22N2O3. The molecule has 0 radical (unpaired) electrons. The minimum atomic E-state index is -0.478. The maximum atomic E-state index is 12.1. The quantitative estimate of drug-likeness (QED) is 0.814. The second-order valence-corrected chi connectivity index (χ2v) is 5.17. The van der Waals surface area contributed by atoms with Gasteiger partial charge in [-0.05, 0) is 31.4 Å². The van der Waals surface area contributed by atoms with E-state index < -0.39 is 5.56 Å². The van der Waals surface area contributed by atoms with Gasteiger partial charge >= 0.3 is 5.56 Å². The molecule has 3 N–H and O–H groups in total. The summed E-state index contributed by atoms with van der Waals surface area (Å²) in [6.45, 7) is 2.45. The van der Waals surface area contributed by atoms with E-state index >= 15 is 0 Å². The number of hydrogen-bond acceptors (Lipinski definition) is 4. The molecule has 1 aliphatic rings. The van der Waals surface area contributed by atoms with Crippen molar-refractivity contribution in [2.45, 2.75) is 44.9 Å². The molecule has 5 nitrogen and oxygen atoms in total. The Morgan fingerprint density at radius 1 is 1.42 bits per heavy atom. The highest BCUT2D eigenvalue weighted by molar-refractivity contribution is 5.33. The van der Waals surface area contributed by atoms with E-state index in [1.54, 1.807) is 0 Å². The molecule has 0 amide bonds. The number of ether oxygens (including phenoxy) is 1. The Balaban J connectivity index is 2.33. The van der Waals surface area contributed by atoms with Crippen molar-refractivity contribution < 1.29 is 9.94 Å². The van der Waals surface area contributed by atoms with Gasteiger partial charge in [-0.15, -0.1) is 4.73 Å². The van der Waals surface area contributed by atoms with E-state index in [1.807, 2.05) is 13.0 Å². The second-order valence-electron chi connectivity index (χ2n) is 5.17. The highest BCUT2D eigenvalue weighted by Crippen LogP contribution is 2.32. The van der Waals surface area contributed by atoms with Crippen molar-refractivity contribution in [2.24, 2.45) is 5.73 Å². The molecule has 5 heteroatoms. The van der Waals surface area contributed by atoms with Gasteiger partial charge in [-0.1, -0.05) is 19.3 Å². The monoisotopic (exact) mass is 266 g/mol. The molecule has 0 saturated heterocycles. The van der Waals surface area contributed by atoms with E-state index in [4.69, 9.17) is 10.5 Å². The van der Waals surface area contributed by atoms with Gasteiger partial charge in [-0.2, -0.15) is 0 Å². The van der Waals surface area contributed by atoms with Crippen molar-refractivity contribution in [3.63, 3.8) is 0 Å². The molecule has 1 saturated carbocycles. The van der Waals surface area contributed by atoms with Crippen LogP contribution in [-0.4, -0.2) is 23.1 Å². The first-order valence-electron chi connectivity index (χ1n) is 6.93. The van der Waals surface area contributed by atoms with Crippen LogP contribution in [0.4, 0.5) is 0 Å². The standard InChI is InChI=1S/C14H22N2O3/c1-10-9-12(11-5-3-2-4-6-11)16(18)14(17)13(10)19-8-7-15/h9,11,18H,2-8,15H2,1H3. The van der Waals surface area contributed by atoms with Gasteiger partial charge in [0.15, 0.2) is 5.75 Å². The van der Waals surface area contributed by atoms with Crippen LogP contribution in [0.1, 0.15) is 49.3 Å². The van der Waals surface area contributed by atoms with Gasteiger partial charge in [0.1, 0.15) is 6.61 Å². The summed E-state index contributed by atoms with van der Waals surface area (Å²) in [7, 11) is 0. The smallest absolute Gasteiger partial charge is 0.325 e. The van der Waals surface area contributed by atoms with Gasteiger partial charge in [0.25, 0.3) is 0 Å². The van der Waals surface area contributed by atoms with Crippen molar-refractivity contribution >= 4 is 0 Å². The van der Waals surface area contributed by atoms with E-state index in [1.165, 1.54) is 6.42 Å². The van der Waals surface area contributed by atoms with E-state index in [-0.39, 0.29) is 18.3 Å². The van der Waals surface area contributed by atoms with Crippen molar-refractivity contribution in [3.8, 4) is 5.75 Å². The predicted molar refractivity (Wildman–Crippen MR) is 73.0 cm³/mol. The Labute approximate surface area is 113 Å². The fraction of sp³-hybridized carbons (Fsp3) is 0.643. The minimum Gasteiger partial charge on any atom is -0.486 e. The summed E-state index contributed by atoms with van der Waals surface area (Å²) >= 11 is 0. The van der Waals surface area contributed by atoms with E-state index in [9.17, 15) is 10.0 Å². The molecule has 0 unspecified atom stereocenters. The van der Waals surface area contributed by atoms with Crippen LogP contribution in [0, 0.1) is 6.92 Å². The van der Waals surface area contributed by atoms with Crippen LogP contribution in [0.15, 0.2) is 10.9 Å². The van der Waals surface area contributed by atoms with Gasteiger partial charge < -0.3 is 15.7 Å². The third kappa shape index (κ3) is 2.92. The molecule has 19 heavy (non-hydrogen) atoms. The van der Waals surface area contributed by atoms with Crippen LogP contribution >= 0.6 is 0 Å². The number of hydrogen-bond donors (Lipinski definition) is 2. The lowest BCUT2D eigenvalue weighted by atomic mass is 9.86. The van der Waals surface area contributed by atoms with Crippen molar-refractivity contribution in [1.82, 2.24) is 4.73 Å². The molecule has 1 aromatic heterocycles. The molecule has 0 bridgehead atoms. The summed E-state index contributed by atoms with van der Waals surface area (Å²) in [5, 5.41) is 10.0. The number of aromatic nitrogens is 1. The average Bonchev–Trinajstić information content (AvgIpc) is 2.44. The highest BCUT2D eigenvalue weighted by Gasteiger charge is 2.22. The van der Waals surface area contributed by atoms with Crippen molar-refractivity contribution in [3.05, 3.63) is 27.7 Å². The maximum Gasteiger partial charge on any atom is 0.325 e. The zero-order valence-electron chi connectivity index (χ0n) is 11.4. The normalized spacial score (nSPS) is 16.5. The van der Waals surface area contributed by atoms with Gasteiger partial charge in [-0.3, -0.25) is 4.79 Å². The lowest BCUT2D eigenvalue weighted by Gasteiger charge is -2.23. The molecule has 1 aromatic rings. The largest absolute Gasteiger partial charge is 0.486 e.